The Balaban J connectivity index is 1.24. The van der Waals surface area contributed by atoms with Gasteiger partial charge in [-0.1, -0.05) is 0 Å². The third-order valence-electron chi connectivity index (χ3n) is 6.94. The molecule has 0 unspecified atom stereocenters. The molecule has 184 valence electrons. The van der Waals surface area contributed by atoms with Gasteiger partial charge in [0.25, 0.3) is 0 Å². The number of nitrogens with one attached hydrogen (secondary N) is 2. The van der Waals surface area contributed by atoms with Crippen LogP contribution in [-0.4, -0.2) is 66.1 Å². The van der Waals surface area contributed by atoms with Crippen molar-refractivity contribution in [2.24, 2.45) is 0 Å². The first-order chi connectivity index (χ1) is 17.0. The van der Waals surface area contributed by atoms with Gasteiger partial charge in [0.1, 0.15) is 23.3 Å². The number of rotatable bonds is 6. The molecule has 1 aromatic carbocycles. The first-order valence-corrected chi connectivity index (χ1v) is 12.0. The van der Waals surface area contributed by atoms with Crippen LogP contribution in [0.2, 0.25) is 0 Å². The Morgan fingerprint density at radius 1 is 1.14 bits per heavy atom. The summed E-state index contributed by atoms with van der Waals surface area (Å²) < 4.78 is 24.5. The number of likely N-dealkylation sites (tertiary alicyclic amines) is 1. The predicted octanol–water partition coefficient (Wildman–Crippen LogP) is 3.38. The molecule has 8 nitrogen and oxygen atoms in total. The van der Waals surface area contributed by atoms with Crippen LogP contribution in [0, 0.1) is 5.82 Å². The van der Waals surface area contributed by atoms with Gasteiger partial charge in [0.05, 0.1) is 13.7 Å². The van der Waals surface area contributed by atoms with Crippen LogP contribution < -0.4 is 10.1 Å². The number of aromatic nitrogens is 2. The number of hydrogen-bond acceptors (Lipinski definition) is 7. The molecule has 0 aliphatic carbocycles. The molecule has 0 radical (unpaired) electrons. The summed E-state index contributed by atoms with van der Waals surface area (Å²) in [5, 5.41) is 3.96. The number of ether oxygens (including phenoxy) is 2. The van der Waals surface area contributed by atoms with Crippen LogP contribution in [0.5, 0.6) is 5.75 Å². The number of benzene rings is 1. The summed E-state index contributed by atoms with van der Waals surface area (Å²) in [5.41, 5.74) is 3.35. The van der Waals surface area contributed by atoms with Crippen LogP contribution in [0.4, 0.5) is 4.39 Å². The second kappa shape index (κ2) is 10.1. The molecule has 2 aliphatic heterocycles. The predicted molar refractivity (Wildman–Crippen MR) is 129 cm³/mol. The highest BCUT2D eigenvalue weighted by Gasteiger charge is 2.28. The molecule has 0 saturated carbocycles. The minimum absolute atomic E-state index is 0.114. The van der Waals surface area contributed by atoms with Gasteiger partial charge in [-0.2, -0.15) is 0 Å². The van der Waals surface area contributed by atoms with E-state index in [0.29, 0.717) is 17.7 Å². The van der Waals surface area contributed by atoms with Crippen molar-refractivity contribution >= 4 is 23.0 Å². The number of H-pyrrole nitrogens is 1. The summed E-state index contributed by atoms with van der Waals surface area (Å²) in [7, 11) is 1.57. The quantitative estimate of drug-likeness (QED) is 0.412. The van der Waals surface area contributed by atoms with E-state index in [4.69, 9.17) is 9.47 Å². The van der Waals surface area contributed by atoms with Gasteiger partial charge in [-0.15, -0.1) is 0 Å². The Morgan fingerprint density at radius 3 is 2.71 bits per heavy atom. The molecular weight excluding hydrogens is 451 g/mol. The zero-order valence-electron chi connectivity index (χ0n) is 19.7. The van der Waals surface area contributed by atoms with Crippen LogP contribution in [0.1, 0.15) is 37.3 Å². The maximum Gasteiger partial charge on any atom is 0.330 e. The molecule has 0 spiro atoms. The zero-order chi connectivity index (χ0) is 24.4. The molecule has 0 amide bonds. The number of piperidine rings is 1. The maximum absolute atomic E-state index is 14.0. The lowest BCUT2D eigenvalue weighted by molar-refractivity contribution is -0.161. The topological polar surface area (TPSA) is 96.6 Å². The lowest BCUT2D eigenvalue weighted by Crippen LogP contribution is -2.40. The van der Waals surface area contributed by atoms with E-state index < -0.39 is 11.9 Å². The number of carbonyl (C=O) groups excluding carboxylic acids is 2. The summed E-state index contributed by atoms with van der Waals surface area (Å²) in [6, 6.07) is 8.08. The molecule has 3 aromatic rings. The largest absolute Gasteiger partial charge is 0.496 e. The smallest absolute Gasteiger partial charge is 0.330 e. The average molecular weight is 481 g/mol. The summed E-state index contributed by atoms with van der Waals surface area (Å²) in [6.45, 7) is 2.34. The minimum Gasteiger partial charge on any atom is -0.496 e. The van der Waals surface area contributed by atoms with E-state index in [1.54, 1.807) is 19.4 Å². The summed E-state index contributed by atoms with van der Waals surface area (Å²) in [4.78, 5) is 34.2. The van der Waals surface area contributed by atoms with Crippen molar-refractivity contribution in [1.29, 1.82) is 0 Å². The average Bonchev–Trinajstić information content (AvgIpc) is 3.55. The van der Waals surface area contributed by atoms with E-state index in [9.17, 15) is 14.0 Å². The zero-order valence-corrected chi connectivity index (χ0v) is 19.7. The number of methoxy groups -OCH3 is 1. The van der Waals surface area contributed by atoms with E-state index >= 15 is 0 Å². The molecule has 2 aromatic heterocycles. The lowest BCUT2D eigenvalue weighted by Gasteiger charge is -2.30. The van der Waals surface area contributed by atoms with Gasteiger partial charge >= 0.3 is 11.9 Å². The van der Waals surface area contributed by atoms with Crippen molar-refractivity contribution in [3.8, 4) is 16.9 Å². The highest BCUT2D eigenvalue weighted by atomic mass is 19.1. The Bertz CT molecular complexity index is 1230. The number of pyridine rings is 1. The molecule has 2 fully saturated rings. The Kier molecular flexibility index (Phi) is 6.79. The van der Waals surface area contributed by atoms with Crippen LogP contribution >= 0.6 is 0 Å². The fourth-order valence-corrected chi connectivity index (χ4v) is 5.08. The normalized spacial score (nSPS) is 19.2. The summed E-state index contributed by atoms with van der Waals surface area (Å²) >= 11 is 0. The van der Waals surface area contributed by atoms with Gasteiger partial charge in [0.15, 0.2) is 0 Å². The fraction of sp³-hybridized carbons (Fsp3) is 0.423. The number of nitrogens with zero attached hydrogens (tertiary/aromatic N) is 2. The van der Waals surface area contributed by atoms with Gasteiger partial charge in [-0.3, -0.25) is 9.69 Å². The molecule has 0 bridgehead atoms. The van der Waals surface area contributed by atoms with Crippen LogP contribution in [0.15, 0.2) is 36.5 Å². The molecule has 5 rings (SSSR count). The van der Waals surface area contributed by atoms with Gasteiger partial charge in [0.2, 0.25) is 0 Å². The molecule has 4 heterocycles. The number of esters is 2. The summed E-state index contributed by atoms with van der Waals surface area (Å²) in [6.07, 6.45) is 5.05. The first kappa shape index (κ1) is 23.4. The number of fused-ring (bicyclic) bond motifs is 1. The van der Waals surface area contributed by atoms with Crippen molar-refractivity contribution in [3.63, 3.8) is 0 Å². The van der Waals surface area contributed by atoms with E-state index in [-0.39, 0.29) is 24.3 Å². The Hall–Kier alpha value is -3.30. The van der Waals surface area contributed by atoms with E-state index in [1.165, 1.54) is 12.1 Å². The van der Waals surface area contributed by atoms with Crippen molar-refractivity contribution in [2.45, 2.75) is 37.6 Å². The molecule has 2 aliphatic rings. The molecule has 2 N–H and O–H groups in total. The Labute approximate surface area is 202 Å². The SMILES string of the molecule is COc1ccc(F)cc1-c1ccnc2[nH]c(C3CCN(CC(=O)OC(=O)[C@@H]4CCCN4)CC3)cc12. The van der Waals surface area contributed by atoms with Crippen molar-refractivity contribution < 1.29 is 23.5 Å². The van der Waals surface area contributed by atoms with Gasteiger partial charge in [0, 0.05) is 28.8 Å². The minimum atomic E-state index is -0.495. The second-order valence-corrected chi connectivity index (χ2v) is 9.18. The van der Waals surface area contributed by atoms with Crippen molar-refractivity contribution in [2.75, 3.05) is 33.3 Å². The maximum atomic E-state index is 14.0. The highest BCUT2D eigenvalue weighted by Crippen LogP contribution is 2.37. The van der Waals surface area contributed by atoms with Crippen molar-refractivity contribution in [1.82, 2.24) is 20.2 Å². The van der Waals surface area contributed by atoms with Gasteiger partial charge in [-0.25, -0.2) is 14.2 Å². The van der Waals surface area contributed by atoms with E-state index in [0.717, 1.165) is 61.2 Å². The van der Waals surface area contributed by atoms with E-state index in [1.807, 2.05) is 11.0 Å². The lowest BCUT2D eigenvalue weighted by atomic mass is 9.93. The number of halogens is 1. The molecule has 2 saturated heterocycles. The number of aromatic amines is 1. The van der Waals surface area contributed by atoms with Crippen LogP contribution in [0.3, 0.4) is 0 Å². The third-order valence-corrected chi connectivity index (χ3v) is 6.94. The molecular formula is C26H29FN4O4. The van der Waals surface area contributed by atoms with Crippen LogP contribution in [-0.2, 0) is 14.3 Å². The van der Waals surface area contributed by atoms with Crippen LogP contribution in [0.25, 0.3) is 22.2 Å². The van der Waals surface area contributed by atoms with Gasteiger partial charge < -0.3 is 19.8 Å². The number of hydrogen-bond donors (Lipinski definition) is 2. The summed E-state index contributed by atoms with van der Waals surface area (Å²) in [5.74, 6) is -0.412. The molecule has 1 atom stereocenters. The van der Waals surface area contributed by atoms with E-state index in [2.05, 4.69) is 21.4 Å². The third kappa shape index (κ3) is 5.06. The molecule has 9 heteroatoms. The van der Waals surface area contributed by atoms with Crippen molar-refractivity contribution in [3.05, 3.63) is 48.0 Å². The number of carbonyl (C=O) groups is 2. The highest BCUT2D eigenvalue weighted by molar-refractivity contribution is 5.95. The second-order valence-electron chi connectivity index (χ2n) is 9.18. The standard InChI is InChI=1S/C26H29FN4O4/c1-34-23-5-4-17(27)13-19(23)18-6-10-29-25-20(18)14-22(30-25)16-7-11-31(12-8-16)15-24(32)35-26(33)21-3-2-9-28-21/h4-6,10,13-14,16,21,28H,2-3,7-9,11-12,15H2,1H3,(H,29,30)/t21-/m0/s1. The first-order valence-electron chi connectivity index (χ1n) is 12.0. The molecule has 35 heavy (non-hydrogen) atoms. The monoisotopic (exact) mass is 480 g/mol. The van der Waals surface area contributed by atoms with Gasteiger partial charge in [-0.05, 0) is 81.2 Å². The fourth-order valence-electron chi connectivity index (χ4n) is 5.08. The Morgan fingerprint density at radius 2 is 1.97 bits per heavy atom.